The molecule has 1 fully saturated rings. The summed E-state index contributed by atoms with van der Waals surface area (Å²) < 4.78 is 5.11. The van der Waals surface area contributed by atoms with Crippen molar-refractivity contribution < 1.29 is 14.3 Å². The maximum Gasteiger partial charge on any atom is 0.319 e. The smallest absolute Gasteiger partial charge is 0.319 e. The predicted molar refractivity (Wildman–Crippen MR) is 70.6 cm³/mol. The van der Waals surface area contributed by atoms with Crippen LogP contribution >= 0.6 is 11.8 Å². The van der Waals surface area contributed by atoms with E-state index in [1.54, 1.807) is 0 Å². The molecule has 0 bridgehead atoms. The average molecular weight is 265 g/mol. The number of thioether (sulfide) groups is 1. The fraction of sp³-hybridized carbons (Fsp3) is 0.385. The van der Waals surface area contributed by atoms with Crippen LogP contribution in [0.4, 0.5) is 5.69 Å². The molecule has 18 heavy (non-hydrogen) atoms. The summed E-state index contributed by atoms with van der Waals surface area (Å²) in [6.07, 6.45) is 0.755. The van der Waals surface area contributed by atoms with Gasteiger partial charge in [-0.25, -0.2) is 0 Å². The third-order valence-electron chi connectivity index (χ3n) is 2.58. The summed E-state index contributed by atoms with van der Waals surface area (Å²) in [6.45, 7) is 3.37. The molecule has 5 heteroatoms. The van der Waals surface area contributed by atoms with Crippen LogP contribution in [0.2, 0.25) is 0 Å². The van der Waals surface area contributed by atoms with Crippen molar-refractivity contribution in [1.29, 1.82) is 0 Å². The molecule has 1 aliphatic heterocycles. The number of ether oxygens (including phenoxy) is 1. The second-order valence-electron chi connectivity index (χ2n) is 4.30. The molecule has 0 unspecified atom stereocenters. The second kappa shape index (κ2) is 5.44. The summed E-state index contributed by atoms with van der Waals surface area (Å²) in [5, 5.41) is 2.58. The molecule has 1 aromatic rings. The molecule has 1 amide bonds. The van der Waals surface area contributed by atoms with E-state index in [0.717, 1.165) is 17.0 Å². The van der Waals surface area contributed by atoms with Crippen LogP contribution in [0.25, 0.3) is 0 Å². The van der Waals surface area contributed by atoms with Gasteiger partial charge in [0.05, 0.1) is 0 Å². The Hall–Kier alpha value is -1.49. The van der Waals surface area contributed by atoms with Crippen molar-refractivity contribution in [2.75, 3.05) is 5.32 Å². The lowest BCUT2D eigenvalue weighted by Crippen LogP contribution is -2.09. The topological polar surface area (TPSA) is 55.4 Å². The number of hydrogen-bond donors (Lipinski definition) is 1. The van der Waals surface area contributed by atoms with E-state index >= 15 is 0 Å². The quantitative estimate of drug-likeness (QED) is 0.853. The fourth-order valence-corrected chi connectivity index (χ4v) is 2.94. The summed E-state index contributed by atoms with van der Waals surface area (Å²) in [5.74, 6) is -0.234. The van der Waals surface area contributed by atoms with Gasteiger partial charge in [0.15, 0.2) is 0 Å². The molecule has 0 spiro atoms. The minimum atomic E-state index is -0.140. The molecule has 1 heterocycles. The first-order valence-corrected chi connectivity index (χ1v) is 6.67. The zero-order valence-corrected chi connectivity index (χ0v) is 11.1. The molecule has 1 N–H and O–H groups in total. The van der Waals surface area contributed by atoms with Gasteiger partial charge in [0.25, 0.3) is 0 Å². The van der Waals surface area contributed by atoms with Gasteiger partial charge < -0.3 is 10.1 Å². The van der Waals surface area contributed by atoms with Crippen LogP contribution in [-0.2, 0) is 14.3 Å². The number of carbonyl (C=O) groups is 2. The third kappa shape index (κ3) is 3.26. The fourth-order valence-electron chi connectivity index (χ4n) is 1.80. The van der Waals surface area contributed by atoms with E-state index in [0.29, 0.717) is 0 Å². The van der Waals surface area contributed by atoms with Gasteiger partial charge >= 0.3 is 5.97 Å². The van der Waals surface area contributed by atoms with Crippen LogP contribution < -0.4 is 5.32 Å². The highest BCUT2D eigenvalue weighted by Gasteiger charge is 2.32. The van der Waals surface area contributed by atoms with Crippen LogP contribution in [0.1, 0.15) is 20.3 Å². The Kier molecular flexibility index (Phi) is 3.91. The number of esters is 1. The molecule has 1 aliphatic rings. The lowest BCUT2D eigenvalue weighted by molar-refractivity contribution is -0.140. The van der Waals surface area contributed by atoms with E-state index in [4.69, 9.17) is 4.74 Å². The van der Waals surface area contributed by atoms with Gasteiger partial charge in [-0.1, -0.05) is 0 Å². The minimum absolute atomic E-state index is 0.00801. The molecule has 0 aliphatic carbocycles. The highest BCUT2D eigenvalue weighted by molar-refractivity contribution is 8.00. The van der Waals surface area contributed by atoms with Gasteiger partial charge in [-0.2, -0.15) is 0 Å². The van der Waals surface area contributed by atoms with Crippen molar-refractivity contribution >= 4 is 29.3 Å². The average Bonchev–Trinajstić information content (AvgIpc) is 2.59. The zero-order valence-electron chi connectivity index (χ0n) is 10.3. The molecule has 96 valence electrons. The molecule has 2 atom stereocenters. The molecule has 0 radical (unpaired) electrons. The van der Waals surface area contributed by atoms with Crippen molar-refractivity contribution in [2.45, 2.75) is 36.5 Å². The Morgan fingerprint density at radius 3 is 2.56 bits per heavy atom. The first-order valence-electron chi connectivity index (χ1n) is 5.79. The first-order chi connectivity index (χ1) is 8.54. The lowest BCUT2D eigenvalue weighted by Gasteiger charge is -2.07. The molecule has 2 rings (SSSR count). The van der Waals surface area contributed by atoms with Gasteiger partial charge in [-0.15, -0.1) is 11.8 Å². The number of benzene rings is 1. The summed E-state index contributed by atoms with van der Waals surface area (Å²) in [5.41, 5.74) is 0.759. The monoisotopic (exact) mass is 265 g/mol. The number of cyclic esters (lactones) is 1. The van der Waals surface area contributed by atoms with Crippen molar-refractivity contribution in [3.05, 3.63) is 24.3 Å². The molecule has 0 saturated carbocycles. The van der Waals surface area contributed by atoms with E-state index < -0.39 is 0 Å². The largest absolute Gasteiger partial charge is 0.462 e. The maximum atomic E-state index is 11.5. The lowest BCUT2D eigenvalue weighted by atomic mass is 10.3. The summed E-state index contributed by atoms with van der Waals surface area (Å²) in [7, 11) is 0. The van der Waals surface area contributed by atoms with Crippen LogP contribution in [0.15, 0.2) is 29.2 Å². The summed E-state index contributed by atoms with van der Waals surface area (Å²) in [6, 6.07) is 7.44. The van der Waals surface area contributed by atoms with E-state index in [1.165, 1.54) is 18.7 Å². The minimum Gasteiger partial charge on any atom is -0.462 e. The maximum absolute atomic E-state index is 11.5. The van der Waals surface area contributed by atoms with Crippen LogP contribution in [0.3, 0.4) is 0 Å². The van der Waals surface area contributed by atoms with E-state index in [2.05, 4.69) is 5.32 Å². The Labute approximate surface area is 110 Å². The number of nitrogens with one attached hydrogen (secondary N) is 1. The third-order valence-corrected chi connectivity index (χ3v) is 3.79. The molecular formula is C13H15NO3S. The number of anilines is 1. The van der Waals surface area contributed by atoms with Crippen molar-refractivity contribution in [1.82, 2.24) is 0 Å². The Morgan fingerprint density at radius 1 is 1.39 bits per heavy atom. The second-order valence-corrected chi connectivity index (χ2v) is 5.57. The van der Waals surface area contributed by atoms with Crippen LogP contribution in [-0.4, -0.2) is 23.2 Å². The molecule has 0 aromatic heterocycles. The molecular weight excluding hydrogens is 250 g/mol. The van der Waals surface area contributed by atoms with Crippen LogP contribution in [0.5, 0.6) is 0 Å². The number of rotatable bonds is 3. The predicted octanol–water partition coefficient (Wildman–Crippen LogP) is 2.44. The summed E-state index contributed by atoms with van der Waals surface area (Å²) >= 11 is 1.50. The number of amides is 1. The normalized spacial score (nSPS) is 22.7. The number of hydrogen-bond acceptors (Lipinski definition) is 4. The summed E-state index contributed by atoms with van der Waals surface area (Å²) in [4.78, 5) is 23.4. The van der Waals surface area contributed by atoms with Gasteiger partial charge in [-0.05, 0) is 31.2 Å². The van der Waals surface area contributed by atoms with E-state index in [9.17, 15) is 9.59 Å². The van der Waals surface area contributed by atoms with Crippen molar-refractivity contribution in [3.63, 3.8) is 0 Å². The zero-order chi connectivity index (χ0) is 13.1. The number of carbonyl (C=O) groups excluding carboxylic acids is 2. The Balaban J connectivity index is 1.98. The SMILES string of the molecule is CC(=O)Nc1ccc(S[C@@H]2C[C@@H](C)OC2=O)cc1. The first kappa shape index (κ1) is 13.0. The van der Waals surface area contributed by atoms with Crippen LogP contribution in [0, 0.1) is 0 Å². The molecule has 1 saturated heterocycles. The van der Waals surface area contributed by atoms with Crippen molar-refractivity contribution in [2.24, 2.45) is 0 Å². The Bertz CT molecular complexity index is 458. The highest BCUT2D eigenvalue weighted by atomic mass is 32.2. The highest BCUT2D eigenvalue weighted by Crippen LogP contribution is 2.32. The van der Waals surface area contributed by atoms with E-state index in [-0.39, 0.29) is 23.2 Å². The molecule has 1 aromatic carbocycles. The van der Waals surface area contributed by atoms with Gasteiger partial charge in [0, 0.05) is 23.9 Å². The van der Waals surface area contributed by atoms with Gasteiger partial charge in [-0.3, -0.25) is 9.59 Å². The van der Waals surface area contributed by atoms with Crippen molar-refractivity contribution in [3.8, 4) is 0 Å². The Morgan fingerprint density at radius 2 is 2.06 bits per heavy atom. The van der Waals surface area contributed by atoms with Gasteiger partial charge in [0.1, 0.15) is 11.4 Å². The van der Waals surface area contributed by atoms with E-state index in [1.807, 2.05) is 31.2 Å². The van der Waals surface area contributed by atoms with Gasteiger partial charge in [0.2, 0.25) is 5.91 Å². The molecule has 4 nitrogen and oxygen atoms in total. The standard InChI is InChI=1S/C13H15NO3S/c1-8-7-12(13(16)17-8)18-11-5-3-10(4-6-11)14-9(2)15/h3-6,8,12H,7H2,1-2H3,(H,14,15)/t8-,12-/m1/s1.